The van der Waals surface area contributed by atoms with Gasteiger partial charge in [0.1, 0.15) is 5.75 Å². The summed E-state index contributed by atoms with van der Waals surface area (Å²) in [5.41, 5.74) is 0.164. The molecule has 2 amide bonds. The summed E-state index contributed by atoms with van der Waals surface area (Å²) in [6.07, 6.45) is 1.42. The van der Waals surface area contributed by atoms with Gasteiger partial charge in [0.25, 0.3) is 0 Å². The van der Waals surface area contributed by atoms with E-state index in [9.17, 15) is 9.59 Å². The molecule has 8 heteroatoms. The normalized spacial score (nSPS) is 18.5. The number of nitrogens with one attached hydrogen (secondary N) is 2. The van der Waals surface area contributed by atoms with Crippen LogP contribution in [0.3, 0.4) is 0 Å². The van der Waals surface area contributed by atoms with Crippen molar-refractivity contribution < 1.29 is 19.1 Å². The molecule has 2 N–H and O–H groups in total. The number of ether oxygens (including phenoxy) is 2. The van der Waals surface area contributed by atoms with Crippen LogP contribution in [0.1, 0.15) is 19.8 Å². The van der Waals surface area contributed by atoms with Gasteiger partial charge in [-0.3, -0.25) is 9.59 Å². The van der Waals surface area contributed by atoms with Crippen molar-refractivity contribution in [3.63, 3.8) is 0 Å². The van der Waals surface area contributed by atoms with Gasteiger partial charge in [-0.1, -0.05) is 6.07 Å². The lowest BCUT2D eigenvalue weighted by molar-refractivity contribution is -0.144. The van der Waals surface area contributed by atoms with Gasteiger partial charge in [-0.15, -0.1) is 12.4 Å². The first-order valence-corrected chi connectivity index (χ1v) is 8.97. The maximum atomic E-state index is 13.1. The SMILES string of the molecule is CCN(CC(=O)Nc1cccc(OC)c1)C(=O)C1(CCOC)CCNC1.Cl. The van der Waals surface area contributed by atoms with Crippen LogP contribution in [0.15, 0.2) is 24.3 Å². The van der Waals surface area contributed by atoms with Crippen molar-refractivity contribution in [1.82, 2.24) is 10.2 Å². The van der Waals surface area contributed by atoms with Gasteiger partial charge in [0.15, 0.2) is 0 Å². The molecular weight excluding hydrogens is 370 g/mol. The zero-order valence-electron chi connectivity index (χ0n) is 16.2. The zero-order valence-corrected chi connectivity index (χ0v) is 17.1. The molecule has 1 unspecified atom stereocenters. The van der Waals surface area contributed by atoms with Crippen LogP contribution in [0.2, 0.25) is 0 Å². The minimum Gasteiger partial charge on any atom is -0.497 e. The number of amides is 2. The maximum absolute atomic E-state index is 13.1. The molecule has 0 saturated carbocycles. The molecule has 1 aliphatic heterocycles. The number of rotatable bonds is 9. The number of methoxy groups -OCH3 is 2. The minimum absolute atomic E-state index is 0. The highest BCUT2D eigenvalue weighted by Crippen LogP contribution is 2.32. The summed E-state index contributed by atoms with van der Waals surface area (Å²) in [4.78, 5) is 27.2. The van der Waals surface area contributed by atoms with Crippen molar-refractivity contribution in [2.24, 2.45) is 5.41 Å². The number of likely N-dealkylation sites (N-methyl/N-ethyl adjacent to an activating group) is 1. The van der Waals surface area contributed by atoms with E-state index in [0.717, 1.165) is 13.0 Å². The number of nitrogens with zero attached hydrogens (tertiary/aromatic N) is 1. The Hall–Kier alpha value is -1.83. The average Bonchev–Trinajstić information content (AvgIpc) is 3.14. The molecule has 0 radical (unpaired) electrons. The molecule has 1 fully saturated rings. The second-order valence-electron chi connectivity index (χ2n) is 6.55. The van der Waals surface area contributed by atoms with E-state index >= 15 is 0 Å². The smallest absolute Gasteiger partial charge is 0.243 e. The first-order valence-electron chi connectivity index (χ1n) is 8.97. The fourth-order valence-electron chi connectivity index (χ4n) is 3.28. The Balaban J connectivity index is 0.00000364. The van der Waals surface area contributed by atoms with Crippen molar-refractivity contribution in [3.05, 3.63) is 24.3 Å². The molecule has 1 aromatic rings. The van der Waals surface area contributed by atoms with Crippen LogP contribution in [-0.2, 0) is 14.3 Å². The molecule has 7 nitrogen and oxygen atoms in total. The van der Waals surface area contributed by atoms with E-state index < -0.39 is 5.41 Å². The van der Waals surface area contributed by atoms with Gasteiger partial charge in [-0.25, -0.2) is 0 Å². The van der Waals surface area contributed by atoms with E-state index in [1.807, 2.05) is 13.0 Å². The maximum Gasteiger partial charge on any atom is 0.243 e. The second-order valence-corrected chi connectivity index (χ2v) is 6.55. The summed E-state index contributed by atoms with van der Waals surface area (Å²) in [6.45, 7) is 4.37. The fraction of sp³-hybridized carbons (Fsp3) is 0.579. The van der Waals surface area contributed by atoms with Crippen LogP contribution >= 0.6 is 12.4 Å². The second kappa shape index (κ2) is 11.1. The van der Waals surface area contributed by atoms with Crippen molar-refractivity contribution in [2.75, 3.05) is 52.3 Å². The molecule has 152 valence electrons. The van der Waals surface area contributed by atoms with E-state index in [1.54, 1.807) is 37.3 Å². The molecule has 1 saturated heterocycles. The predicted octanol–water partition coefficient (Wildman–Crippen LogP) is 1.92. The quantitative estimate of drug-likeness (QED) is 0.663. The van der Waals surface area contributed by atoms with Crippen LogP contribution < -0.4 is 15.4 Å². The van der Waals surface area contributed by atoms with Crippen molar-refractivity contribution in [1.29, 1.82) is 0 Å². The average molecular weight is 400 g/mol. The first kappa shape index (κ1) is 23.2. The third-order valence-corrected chi connectivity index (χ3v) is 4.84. The summed E-state index contributed by atoms with van der Waals surface area (Å²) in [5.74, 6) is 0.464. The van der Waals surface area contributed by atoms with Crippen molar-refractivity contribution in [3.8, 4) is 5.75 Å². The third kappa shape index (κ3) is 6.09. The van der Waals surface area contributed by atoms with Gasteiger partial charge in [-0.2, -0.15) is 0 Å². The number of carbonyl (C=O) groups excluding carboxylic acids is 2. The number of hydrogen-bond donors (Lipinski definition) is 2. The summed E-state index contributed by atoms with van der Waals surface area (Å²) in [6, 6.07) is 7.15. The Morgan fingerprint density at radius 1 is 1.33 bits per heavy atom. The molecule has 1 aliphatic rings. The van der Waals surface area contributed by atoms with Gasteiger partial charge in [-0.05, 0) is 38.4 Å². The predicted molar refractivity (Wildman–Crippen MR) is 108 cm³/mol. The number of hydrogen-bond acceptors (Lipinski definition) is 5. The van der Waals surface area contributed by atoms with Gasteiger partial charge in [0.2, 0.25) is 11.8 Å². The first-order chi connectivity index (χ1) is 12.5. The molecule has 1 atom stereocenters. The molecular formula is C19H30ClN3O4. The zero-order chi connectivity index (χ0) is 19.0. The van der Waals surface area contributed by atoms with Gasteiger partial charge >= 0.3 is 0 Å². The van der Waals surface area contributed by atoms with E-state index in [4.69, 9.17) is 9.47 Å². The van der Waals surface area contributed by atoms with E-state index in [-0.39, 0.29) is 30.8 Å². The monoisotopic (exact) mass is 399 g/mol. The van der Waals surface area contributed by atoms with Crippen molar-refractivity contribution >= 4 is 29.9 Å². The highest BCUT2D eigenvalue weighted by molar-refractivity contribution is 5.95. The molecule has 1 heterocycles. The Kier molecular flexibility index (Phi) is 9.55. The van der Waals surface area contributed by atoms with Gasteiger partial charge in [0, 0.05) is 38.6 Å². The summed E-state index contributed by atoms with van der Waals surface area (Å²) in [7, 11) is 3.22. The molecule has 0 bridgehead atoms. The summed E-state index contributed by atoms with van der Waals surface area (Å²) in [5, 5.41) is 6.10. The Morgan fingerprint density at radius 2 is 2.11 bits per heavy atom. The molecule has 0 aliphatic carbocycles. The molecule has 2 rings (SSSR count). The summed E-state index contributed by atoms with van der Waals surface area (Å²) >= 11 is 0. The highest BCUT2D eigenvalue weighted by atomic mass is 35.5. The standard InChI is InChI=1S/C19H29N3O4.ClH/c1-4-22(18(24)19(9-11-25-2)8-10-20-14-19)13-17(23)21-15-6-5-7-16(12-15)26-3;/h5-7,12,20H,4,8-11,13-14H2,1-3H3,(H,21,23);1H. The molecule has 0 aromatic heterocycles. The van der Waals surface area contributed by atoms with Crippen molar-refractivity contribution in [2.45, 2.75) is 19.8 Å². The van der Waals surface area contributed by atoms with Crippen LogP contribution in [-0.4, -0.2) is 63.7 Å². The van der Waals surface area contributed by atoms with Crippen LogP contribution in [0.4, 0.5) is 5.69 Å². The van der Waals surface area contributed by atoms with Gasteiger partial charge < -0.3 is 25.0 Å². The van der Waals surface area contributed by atoms with Crippen LogP contribution in [0, 0.1) is 5.41 Å². The lowest BCUT2D eigenvalue weighted by Gasteiger charge is -2.33. The van der Waals surface area contributed by atoms with Crippen LogP contribution in [0.25, 0.3) is 0 Å². The fourth-order valence-corrected chi connectivity index (χ4v) is 3.28. The summed E-state index contributed by atoms with van der Waals surface area (Å²) < 4.78 is 10.3. The number of benzene rings is 1. The highest BCUT2D eigenvalue weighted by Gasteiger charge is 2.43. The van der Waals surface area contributed by atoms with E-state index in [0.29, 0.717) is 37.6 Å². The lowest BCUT2D eigenvalue weighted by atomic mass is 9.82. The van der Waals surface area contributed by atoms with E-state index in [1.165, 1.54) is 0 Å². The van der Waals surface area contributed by atoms with Gasteiger partial charge in [0.05, 0.1) is 19.1 Å². The largest absolute Gasteiger partial charge is 0.497 e. The number of carbonyl (C=O) groups is 2. The Morgan fingerprint density at radius 3 is 2.70 bits per heavy atom. The number of halogens is 1. The minimum atomic E-state index is -0.484. The third-order valence-electron chi connectivity index (χ3n) is 4.84. The molecule has 0 spiro atoms. The van der Waals surface area contributed by atoms with Crippen LogP contribution in [0.5, 0.6) is 5.75 Å². The van der Waals surface area contributed by atoms with E-state index in [2.05, 4.69) is 10.6 Å². The Bertz CT molecular complexity index is 621. The molecule has 27 heavy (non-hydrogen) atoms. The lowest BCUT2D eigenvalue weighted by Crippen LogP contribution is -2.48. The topological polar surface area (TPSA) is 79.9 Å². The molecule has 1 aromatic carbocycles. The Labute approximate surface area is 167 Å². The number of anilines is 1.